The van der Waals surface area contributed by atoms with E-state index in [4.69, 9.17) is 16.3 Å². The summed E-state index contributed by atoms with van der Waals surface area (Å²) in [5.74, 6) is 0.760. The fourth-order valence-corrected chi connectivity index (χ4v) is 1.99. The van der Waals surface area contributed by atoms with Crippen molar-refractivity contribution in [1.82, 2.24) is 9.97 Å². The van der Waals surface area contributed by atoms with Crippen molar-refractivity contribution in [3.63, 3.8) is 0 Å². The summed E-state index contributed by atoms with van der Waals surface area (Å²) in [6.07, 6.45) is 1.71. The number of nitrogens with one attached hydrogen (secondary N) is 1. The largest absolute Gasteiger partial charge is 0.377 e. The molecule has 0 bridgehead atoms. The summed E-state index contributed by atoms with van der Waals surface area (Å²) in [6, 6.07) is 8.20. The maximum absolute atomic E-state index is 5.82. The predicted octanol–water partition coefficient (Wildman–Crippen LogP) is 3.59. The van der Waals surface area contributed by atoms with Gasteiger partial charge in [-0.2, -0.15) is 0 Å². The summed E-state index contributed by atoms with van der Waals surface area (Å²) in [4.78, 5) is 8.14. The highest BCUT2D eigenvalue weighted by molar-refractivity contribution is 6.28. The van der Waals surface area contributed by atoms with Crippen LogP contribution in [0.1, 0.15) is 23.6 Å². The van der Waals surface area contributed by atoms with Gasteiger partial charge in [-0.25, -0.2) is 9.97 Å². The zero-order valence-electron chi connectivity index (χ0n) is 11.7. The van der Waals surface area contributed by atoms with Crippen LogP contribution in [0.3, 0.4) is 0 Å². The molecule has 0 fully saturated rings. The van der Waals surface area contributed by atoms with Crippen LogP contribution in [-0.4, -0.2) is 16.6 Å². The van der Waals surface area contributed by atoms with Crippen LogP contribution in [0.15, 0.2) is 30.5 Å². The zero-order chi connectivity index (χ0) is 14.4. The molecule has 0 radical (unpaired) electrons. The molecule has 1 heterocycles. The van der Waals surface area contributed by atoms with Crippen LogP contribution in [0, 0.1) is 6.92 Å². The molecular weight excluding hydrogens is 274 g/mol. The van der Waals surface area contributed by atoms with Gasteiger partial charge in [0.05, 0.1) is 6.61 Å². The number of aromatic nitrogens is 2. The standard InChI is InChI=1S/C15H18ClN3O/c1-3-20-10-13-7-5-4-6-12(13)9-17-14-11(2)8-18-15(16)19-14/h4-8H,3,9-10H2,1-2H3,(H,17,18,19). The monoisotopic (exact) mass is 291 g/mol. The maximum atomic E-state index is 5.82. The summed E-state index contributed by atoms with van der Waals surface area (Å²) in [5, 5.41) is 3.55. The van der Waals surface area contributed by atoms with Crippen LogP contribution < -0.4 is 5.32 Å². The summed E-state index contributed by atoms with van der Waals surface area (Å²) in [6.45, 7) is 5.95. The molecule has 0 saturated carbocycles. The molecule has 0 aliphatic rings. The van der Waals surface area contributed by atoms with Gasteiger partial charge in [0.25, 0.3) is 0 Å². The number of hydrogen-bond donors (Lipinski definition) is 1. The van der Waals surface area contributed by atoms with Crippen LogP contribution in [0.2, 0.25) is 5.28 Å². The van der Waals surface area contributed by atoms with Crippen LogP contribution in [0.4, 0.5) is 5.82 Å². The third-order valence-electron chi connectivity index (χ3n) is 2.97. The molecule has 0 atom stereocenters. The second kappa shape index (κ2) is 7.22. The van der Waals surface area contributed by atoms with Crippen LogP contribution in [0.5, 0.6) is 0 Å². The third-order valence-corrected chi connectivity index (χ3v) is 3.15. The molecule has 0 unspecified atom stereocenters. The molecule has 0 aliphatic heterocycles. The molecule has 5 heteroatoms. The number of hydrogen-bond acceptors (Lipinski definition) is 4. The van der Waals surface area contributed by atoms with Gasteiger partial charge in [-0.15, -0.1) is 0 Å². The lowest BCUT2D eigenvalue weighted by Gasteiger charge is -2.12. The minimum atomic E-state index is 0.251. The van der Waals surface area contributed by atoms with Crippen molar-refractivity contribution in [3.8, 4) is 0 Å². The lowest BCUT2D eigenvalue weighted by molar-refractivity contribution is 0.133. The van der Waals surface area contributed by atoms with Gasteiger partial charge in [-0.05, 0) is 36.6 Å². The molecule has 0 saturated heterocycles. The topological polar surface area (TPSA) is 47.0 Å². The molecule has 4 nitrogen and oxygen atoms in total. The van der Waals surface area contributed by atoms with Gasteiger partial charge >= 0.3 is 0 Å². The molecule has 1 aromatic heterocycles. The first-order valence-electron chi connectivity index (χ1n) is 6.58. The van der Waals surface area contributed by atoms with E-state index in [9.17, 15) is 0 Å². The van der Waals surface area contributed by atoms with Gasteiger partial charge in [-0.1, -0.05) is 24.3 Å². The molecule has 2 rings (SSSR count). The Labute approximate surface area is 124 Å². The maximum Gasteiger partial charge on any atom is 0.224 e. The highest BCUT2D eigenvalue weighted by atomic mass is 35.5. The number of nitrogens with zero attached hydrogens (tertiary/aromatic N) is 2. The molecule has 2 aromatic rings. The number of halogens is 1. The Morgan fingerprint density at radius 2 is 2.00 bits per heavy atom. The molecule has 1 N–H and O–H groups in total. The number of rotatable bonds is 6. The van der Waals surface area contributed by atoms with Gasteiger partial charge in [0.15, 0.2) is 0 Å². The number of ether oxygens (including phenoxy) is 1. The molecule has 0 amide bonds. The van der Waals surface area contributed by atoms with Crippen molar-refractivity contribution in [1.29, 1.82) is 0 Å². The summed E-state index contributed by atoms with van der Waals surface area (Å²) in [7, 11) is 0. The highest BCUT2D eigenvalue weighted by Gasteiger charge is 2.05. The lowest BCUT2D eigenvalue weighted by atomic mass is 10.1. The van der Waals surface area contributed by atoms with Crippen LogP contribution in [0.25, 0.3) is 0 Å². The van der Waals surface area contributed by atoms with Crippen molar-refractivity contribution in [3.05, 3.63) is 52.4 Å². The van der Waals surface area contributed by atoms with E-state index >= 15 is 0 Å². The van der Waals surface area contributed by atoms with Crippen molar-refractivity contribution < 1.29 is 4.74 Å². The quantitative estimate of drug-likeness (QED) is 0.826. The fourth-order valence-electron chi connectivity index (χ4n) is 1.86. The summed E-state index contributed by atoms with van der Waals surface area (Å²) >= 11 is 5.82. The van der Waals surface area contributed by atoms with E-state index < -0.39 is 0 Å². The fraction of sp³-hybridized carbons (Fsp3) is 0.333. The first kappa shape index (κ1) is 14.8. The zero-order valence-corrected chi connectivity index (χ0v) is 12.4. The Morgan fingerprint density at radius 3 is 2.75 bits per heavy atom. The lowest BCUT2D eigenvalue weighted by Crippen LogP contribution is -2.07. The Bertz CT molecular complexity index is 575. The van der Waals surface area contributed by atoms with Gasteiger partial charge < -0.3 is 10.1 Å². The summed E-state index contributed by atoms with van der Waals surface area (Å²) in [5.41, 5.74) is 3.34. The molecule has 106 valence electrons. The Balaban J connectivity index is 2.08. The van der Waals surface area contributed by atoms with Crippen molar-refractivity contribution >= 4 is 17.4 Å². The Hall–Kier alpha value is -1.65. The Morgan fingerprint density at radius 1 is 1.25 bits per heavy atom. The van der Waals surface area contributed by atoms with Crippen molar-refractivity contribution in [2.45, 2.75) is 27.0 Å². The van der Waals surface area contributed by atoms with E-state index in [0.717, 1.165) is 11.4 Å². The third kappa shape index (κ3) is 3.92. The minimum absolute atomic E-state index is 0.251. The second-order valence-corrected chi connectivity index (χ2v) is 4.77. The average molecular weight is 292 g/mol. The van der Waals surface area contributed by atoms with E-state index in [1.807, 2.05) is 26.0 Å². The van der Waals surface area contributed by atoms with E-state index in [-0.39, 0.29) is 5.28 Å². The van der Waals surface area contributed by atoms with E-state index in [0.29, 0.717) is 19.8 Å². The molecule has 1 aromatic carbocycles. The molecule has 20 heavy (non-hydrogen) atoms. The van der Waals surface area contributed by atoms with E-state index in [1.165, 1.54) is 11.1 Å². The number of aryl methyl sites for hydroxylation is 1. The molecule has 0 aliphatic carbocycles. The minimum Gasteiger partial charge on any atom is -0.377 e. The van der Waals surface area contributed by atoms with Crippen molar-refractivity contribution in [2.75, 3.05) is 11.9 Å². The smallest absolute Gasteiger partial charge is 0.224 e. The van der Waals surface area contributed by atoms with Gasteiger partial charge in [0.1, 0.15) is 5.82 Å². The highest BCUT2D eigenvalue weighted by Crippen LogP contribution is 2.16. The van der Waals surface area contributed by atoms with Gasteiger partial charge in [0, 0.05) is 24.9 Å². The van der Waals surface area contributed by atoms with E-state index in [1.54, 1.807) is 6.20 Å². The van der Waals surface area contributed by atoms with Crippen molar-refractivity contribution in [2.24, 2.45) is 0 Å². The van der Waals surface area contributed by atoms with Gasteiger partial charge in [0.2, 0.25) is 5.28 Å². The first-order chi connectivity index (χ1) is 9.70. The number of anilines is 1. The average Bonchev–Trinajstić information content (AvgIpc) is 2.47. The van der Waals surface area contributed by atoms with Crippen LogP contribution >= 0.6 is 11.6 Å². The first-order valence-corrected chi connectivity index (χ1v) is 6.96. The molecular formula is C15H18ClN3O. The molecule has 0 spiro atoms. The Kier molecular flexibility index (Phi) is 5.32. The van der Waals surface area contributed by atoms with E-state index in [2.05, 4.69) is 27.4 Å². The second-order valence-electron chi connectivity index (χ2n) is 4.43. The normalized spacial score (nSPS) is 10.6. The number of benzene rings is 1. The predicted molar refractivity (Wildman–Crippen MR) is 80.9 cm³/mol. The summed E-state index contributed by atoms with van der Waals surface area (Å²) < 4.78 is 5.48. The van der Waals surface area contributed by atoms with Crippen LogP contribution in [-0.2, 0) is 17.9 Å². The SMILES string of the molecule is CCOCc1ccccc1CNc1nc(Cl)ncc1C. The van der Waals surface area contributed by atoms with Gasteiger partial charge in [-0.3, -0.25) is 0 Å².